The van der Waals surface area contributed by atoms with Gasteiger partial charge in [0.2, 0.25) is 0 Å². The van der Waals surface area contributed by atoms with Gasteiger partial charge in [-0.25, -0.2) is 9.78 Å². The minimum absolute atomic E-state index is 0.00354. The molecule has 0 saturated carbocycles. The van der Waals surface area contributed by atoms with Crippen LogP contribution in [0.4, 0.5) is 4.79 Å². The molecule has 8 heteroatoms. The fourth-order valence-corrected chi connectivity index (χ4v) is 3.61. The highest BCUT2D eigenvalue weighted by atomic mass is 32.1. The molecule has 1 aliphatic heterocycles. The van der Waals surface area contributed by atoms with Gasteiger partial charge in [-0.3, -0.25) is 0 Å². The SMILES string of the molecule is Cc1nc(CCNC(=O)N2CCC[C@@H](c3nncn3C)C2)cs1. The van der Waals surface area contributed by atoms with Gasteiger partial charge in [-0.2, -0.15) is 0 Å². The molecule has 124 valence electrons. The van der Waals surface area contributed by atoms with Gasteiger partial charge in [0.1, 0.15) is 12.2 Å². The third-order valence-electron chi connectivity index (χ3n) is 4.14. The van der Waals surface area contributed by atoms with E-state index in [0.29, 0.717) is 13.1 Å². The van der Waals surface area contributed by atoms with Gasteiger partial charge >= 0.3 is 6.03 Å². The van der Waals surface area contributed by atoms with E-state index in [9.17, 15) is 4.79 Å². The minimum Gasteiger partial charge on any atom is -0.338 e. The predicted molar refractivity (Wildman–Crippen MR) is 88.5 cm³/mol. The summed E-state index contributed by atoms with van der Waals surface area (Å²) in [6.45, 7) is 4.12. The Kier molecular flexibility index (Phi) is 4.90. The largest absolute Gasteiger partial charge is 0.338 e. The van der Waals surface area contributed by atoms with E-state index in [1.165, 1.54) is 0 Å². The number of carbonyl (C=O) groups excluding carboxylic acids is 1. The van der Waals surface area contributed by atoms with Crippen LogP contribution in [-0.4, -0.2) is 50.3 Å². The van der Waals surface area contributed by atoms with Crippen molar-refractivity contribution < 1.29 is 4.79 Å². The number of piperidine rings is 1. The number of carbonyl (C=O) groups is 1. The molecule has 1 aliphatic rings. The first-order valence-electron chi connectivity index (χ1n) is 7.91. The lowest BCUT2D eigenvalue weighted by Gasteiger charge is -2.32. The van der Waals surface area contributed by atoms with Crippen LogP contribution in [0.3, 0.4) is 0 Å². The molecule has 2 amide bonds. The summed E-state index contributed by atoms with van der Waals surface area (Å²) >= 11 is 1.64. The van der Waals surface area contributed by atoms with E-state index in [1.807, 2.05) is 28.8 Å². The van der Waals surface area contributed by atoms with E-state index in [4.69, 9.17) is 0 Å². The van der Waals surface area contributed by atoms with Crippen LogP contribution in [0.2, 0.25) is 0 Å². The van der Waals surface area contributed by atoms with Crippen molar-refractivity contribution in [3.63, 3.8) is 0 Å². The molecule has 3 heterocycles. The average Bonchev–Trinajstić information content (AvgIpc) is 3.16. The molecule has 0 unspecified atom stereocenters. The number of thiazole rings is 1. The predicted octanol–water partition coefficient (Wildman–Crippen LogP) is 1.71. The molecule has 0 bridgehead atoms. The van der Waals surface area contributed by atoms with Crippen LogP contribution in [-0.2, 0) is 13.5 Å². The Balaban J connectivity index is 1.50. The third-order valence-corrected chi connectivity index (χ3v) is 4.97. The van der Waals surface area contributed by atoms with Crippen LogP contribution in [0.25, 0.3) is 0 Å². The molecular weight excluding hydrogens is 312 g/mol. The number of hydrogen-bond acceptors (Lipinski definition) is 5. The zero-order valence-electron chi connectivity index (χ0n) is 13.5. The van der Waals surface area contributed by atoms with E-state index in [2.05, 4.69) is 20.5 Å². The van der Waals surface area contributed by atoms with Gasteiger partial charge in [0, 0.05) is 44.4 Å². The smallest absolute Gasteiger partial charge is 0.317 e. The van der Waals surface area contributed by atoms with Crippen LogP contribution < -0.4 is 5.32 Å². The Morgan fingerprint density at radius 2 is 2.39 bits per heavy atom. The lowest BCUT2D eigenvalue weighted by molar-refractivity contribution is 0.178. The van der Waals surface area contributed by atoms with Gasteiger partial charge < -0.3 is 14.8 Å². The summed E-state index contributed by atoms with van der Waals surface area (Å²) in [5.41, 5.74) is 1.04. The summed E-state index contributed by atoms with van der Waals surface area (Å²) in [7, 11) is 1.95. The van der Waals surface area contributed by atoms with Crippen molar-refractivity contribution in [2.24, 2.45) is 7.05 Å². The van der Waals surface area contributed by atoms with Crippen LogP contribution in [0, 0.1) is 6.92 Å². The van der Waals surface area contributed by atoms with Crippen molar-refractivity contribution in [2.45, 2.75) is 32.1 Å². The summed E-state index contributed by atoms with van der Waals surface area (Å²) < 4.78 is 1.94. The number of rotatable bonds is 4. The second kappa shape index (κ2) is 7.08. The Morgan fingerprint density at radius 3 is 3.09 bits per heavy atom. The quantitative estimate of drug-likeness (QED) is 0.923. The molecule has 23 heavy (non-hydrogen) atoms. The number of nitrogens with one attached hydrogen (secondary N) is 1. The lowest BCUT2D eigenvalue weighted by atomic mass is 9.97. The molecule has 1 fully saturated rings. The maximum absolute atomic E-state index is 12.3. The maximum atomic E-state index is 12.3. The Hall–Kier alpha value is -1.96. The highest BCUT2D eigenvalue weighted by molar-refractivity contribution is 7.09. The molecule has 0 aliphatic carbocycles. The summed E-state index contributed by atoms with van der Waals surface area (Å²) in [5, 5.41) is 14.2. The molecule has 1 N–H and O–H groups in total. The van der Waals surface area contributed by atoms with Crippen LogP contribution in [0.5, 0.6) is 0 Å². The fourth-order valence-electron chi connectivity index (χ4n) is 2.97. The van der Waals surface area contributed by atoms with Crippen LogP contribution >= 0.6 is 11.3 Å². The van der Waals surface area contributed by atoms with Crippen molar-refractivity contribution in [1.29, 1.82) is 0 Å². The highest BCUT2D eigenvalue weighted by Crippen LogP contribution is 2.24. The Labute approximate surface area is 139 Å². The molecule has 0 radical (unpaired) electrons. The number of likely N-dealkylation sites (tertiary alicyclic amines) is 1. The van der Waals surface area contributed by atoms with Gasteiger partial charge in [0.15, 0.2) is 0 Å². The standard InChI is InChI=1S/C15H22N6OS/c1-11-18-13(9-23-11)5-6-16-15(22)21-7-3-4-12(8-21)14-19-17-10-20(14)2/h9-10,12H,3-8H2,1-2H3,(H,16,22)/t12-/m1/s1. The Bertz CT molecular complexity index is 666. The molecule has 0 spiro atoms. The molecule has 1 atom stereocenters. The van der Waals surface area contributed by atoms with Crippen molar-refractivity contribution in [3.05, 3.63) is 28.2 Å². The minimum atomic E-state index is 0.00354. The summed E-state index contributed by atoms with van der Waals surface area (Å²) in [4.78, 5) is 18.6. The van der Waals surface area contributed by atoms with E-state index in [0.717, 1.165) is 42.3 Å². The highest BCUT2D eigenvalue weighted by Gasteiger charge is 2.27. The first-order valence-corrected chi connectivity index (χ1v) is 8.79. The number of nitrogens with zero attached hydrogens (tertiary/aromatic N) is 5. The summed E-state index contributed by atoms with van der Waals surface area (Å²) in [6, 6.07) is 0.00354. The van der Waals surface area contributed by atoms with E-state index in [1.54, 1.807) is 17.7 Å². The zero-order valence-corrected chi connectivity index (χ0v) is 14.3. The molecular formula is C15H22N6OS. The molecule has 2 aromatic rings. The van der Waals surface area contributed by atoms with Crippen molar-refractivity contribution in [3.8, 4) is 0 Å². The molecule has 3 rings (SSSR count). The number of aromatic nitrogens is 4. The number of urea groups is 1. The van der Waals surface area contributed by atoms with Gasteiger partial charge in [0.05, 0.1) is 10.7 Å². The van der Waals surface area contributed by atoms with Gasteiger partial charge in [-0.15, -0.1) is 21.5 Å². The van der Waals surface area contributed by atoms with Crippen molar-refractivity contribution in [2.75, 3.05) is 19.6 Å². The monoisotopic (exact) mass is 334 g/mol. The number of aryl methyl sites for hydroxylation is 2. The number of amides is 2. The molecule has 2 aromatic heterocycles. The van der Waals surface area contributed by atoms with Crippen LogP contribution in [0.15, 0.2) is 11.7 Å². The van der Waals surface area contributed by atoms with Gasteiger partial charge in [-0.1, -0.05) is 0 Å². The Morgan fingerprint density at radius 1 is 1.52 bits per heavy atom. The first-order chi connectivity index (χ1) is 11.1. The van der Waals surface area contributed by atoms with Crippen molar-refractivity contribution in [1.82, 2.24) is 30.0 Å². The van der Waals surface area contributed by atoms with Crippen molar-refractivity contribution >= 4 is 17.4 Å². The molecule has 0 aromatic carbocycles. The van der Waals surface area contributed by atoms with E-state index in [-0.39, 0.29) is 11.9 Å². The zero-order chi connectivity index (χ0) is 16.2. The third kappa shape index (κ3) is 3.87. The average molecular weight is 334 g/mol. The topological polar surface area (TPSA) is 75.9 Å². The second-order valence-corrected chi connectivity index (χ2v) is 6.99. The first kappa shape index (κ1) is 15.9. The van der Waals surface area contributed by atoms with Gasteiger partial charge in [-0.05, 0) is 19.8 Å². The van der Waals surface area contributed by atoms with Gasteiger partial charge in [0.25, 0.3) is 0 Å². The number of hydrogen-bond donors (Lipinski definition) is 1. The van der Waals surface area contributed by atoms with Crippen LogP contribution in [0.1, 0.15) is 35.3 Å². The lowest BCUT2D eigenvalue weighted by Crippen LogP contribution is -2.45. The summed E-state index contributed by atoms with van der Waals surface area (Å²) in [6.07, 6.45) is 4.53. The molecule has 1 saturated heterocycles. The molecule has 7 nitrogen and oxygen atoms in total. The fraction of sp³-hybridized carbons (Fsp3) is 0.600. The van der Waals surface area contributed by atoms with E-state index >= 15 is 0 Å². The second-order valence-electron chi connectivity index (χ2n) is 5.93. The normalized spacial score (nSPS) is 18.2. The summed E-state index contributed by atoms with van der Waals surface area (Å²) in [5.74, 6) is 1.23. The maximum Gasteiger partial charge on any atom is 0.317 e. The van der Waals surface area contributed by atoms with E-state index < -0.39 is 0 Å².